The zero-order chi connectivity index (χ0) is 12.2. The number of aliphatic hydroxyl groups is 1. The molecule has 90 valence electrons. The number of carbonyl (C=O) groups is 1. The molecule has 0 spiro atoms. The van der Waals surface area contributed by atoms with Gasteiger partial charge in [-0.1, -0.05) is 0 Å². The van der Waals surface area contributed by atoms with Crippen LogP contribution in [0, 0.1) is 0 Å². The van der Waals surface area contributed by atoms with Gasteiger partial charge in [-0.25, -0.2) is 4.79 Å². The van der Waals surface area contributed by atoms with Crippen LogP contribution < -0.4 is 0 Å². The van der Waals surface area contributed by atoms with E-state index in [-0.39, 0.29) is 5.97 Å². The molecule has 0 aliphatic heterocycles. The third-order valence-electron chi connectivity index (χ3n) is 2.10. The van der Waals surface area contributed by atoms with Gasteiger partial charge in [0.25, 0.3) is 0 Å². The minimum Gasteiger partial charge on any atom is -0.462 e. The summed E-state index contributed by atoms with van der Waals surface area (Å²) in [5, 5.41) is 13.6. The first kappa shape index (κ1) is 12.7. The Morgan fingerprint density at radius 2 is 2.31 bits per heavy atom. The van der Waals surface area contributed by atoms with E-state index >= 15 is 0 Å². The Morgan fingerprint density at radius 3 is 2.88 bits per heavy atom. The third-order valence-corrected chi connectivity index (χ3v) is 2.10. The van der Waals surface area contributed by atoms with Gasteiger partial charge in [0.15, 0.2) is 0 Å². The lowest BCUT2D eigenvalue weighted by Crippen LogP contribution is -2.21. The van der Waals surface area contributed by atoms with Crippen LogP contribution in [0.2, 0.25) is 0 Å². The fourth-order valence-electron chi connectivity index (χ4n) is 1.19. The van der Waals surface area contributed by atoms with Gasteiger partial charge < -0.3 is 9.84 Å². The molecule has 1 aromatic rings. The van der Waals surface area contributed by atoms with Crippen LogP contribution in [0.1, 0.15) is 37.6 Å². The summed E-state index contributed by atoms with van der Waals surface area (Å²) in [5.74, 6) is -0.364. The van der Waals surface area contributed by atoms with E-state index in [0.717, 1.165) is 0 Å². The van der Waals surface area contributed by atoms with Crippen molar-refractivity contribution < 1.29 is 14.6 Å². The second kappa shape index (κ2) is 5.12. The Labute approximate surface area is 95.0 Å². The van der Waals surface area contributed by atoms with Crippen molar-refractivity contribution in [3.8, 4) is 0 Å². The molecule has 16 heavy (non-hydrogen) atoms. The van der Waals surface area contributed by atoms with E-state index < -0.39 is 5.60 Å². The highest BCUT2D eigenvalue weighted by Gasteiger charge is 2.14. The normalized spacial score (nSPS) is 11.5. The molecule has 0 aliphatic rings. The van der Waals surface area contributed by atoms with Crippen molar-refractivity contribution in [2.75, 3.05) is 6.61 Å². The van der Waals surface area contributed by atoms with Crippen molar-refractivity contribution in [2.24, 2.45) is 0 Å². The molecule has 1 aromatic heterocycles. The zero-order valence-electron chi connectivity index (χ0n) is 9.93. The minimum atomic E-state index is -0.726. The fraction of sp³-hybridized carbons (Fsp3) is 0.636. The van der Waals surface area contributed by atoms with Gasteiger partial charge in [-0.15, -0.1) is 0 Å². The maximum absolute atomic E-state index is 11.3. The number of hydrogen-bond acceptors (Lipinski definition) is 4. The van der Waals surface area contributed by atoms with Gasteiger partial charge in [0.1, 0.15) is 0 Å². The molecule has 0 saturated carbocycles. The monoisotopic (exact) mass is 226 g/mol. The molecule has 0 unspecified atom stereocenters. The average Bonchev–Trinajstić information content (AvgIpc) is 2.62. The van der Waals surface area contributed by atoms with Gasteiger partial charge in [-0.3, -0.25) is 4.68 Å². The zero-order valence-corrected chi connectivity index (χ0v) is 9.93. The van der Waals surface area contributed by atoms with Crippen molar-refractivity contribution in [1.82, 2.24) is 9.78 Å². The van der Waals surface area contributed by atoms with E-state index in [0.29, 0.717) is 25.1 Å². The molecule has 0 bridgehead atoms. The summed E-state index contributed by atoms with van der Waals surface area (Å²) < 4.78 is 6.47. The highest BCUT2D eigenvalue weighted by molar-refractivity contribution is 5.88. The van der Waals surface area contributed by atoms with Crippen molar-refractivity contribution >= 4 is 5.97 Å². The number of esters is 1. The Balaban J connectivity index is 2.55. The molecule has 0 saturated heterocycles. The van der Waals surface area contributed by atoms with Crippen LogP contribution in [0.15, 0.2) is 12.4 Å². The standard InChI is InChI=1S/C11H18N2O3/c1-4-16-10(14)9-7-12-13(8-9)6-5-11(2,3)15/h7-8,15H,4-6H2,1-3H3. The maximum Gasteiger partial charge on any atom is 0.341 e. The van der Waals surface area contributed by atoms with E-state index in [1.54, 1.807) is 31.6 Å². The van der Waals surface area contributed by atoms with Crippen molar-refractivity contribution in [2.45, 2.75) is 39.3 Å². The van der Waals surface area contributed by atoms with E-state index in [1.165, 1.54) is 6.20 Å². The van der Waals surface area contributed by atoms with Gasteiger partial charge in [0.2, 0.25) is 0 Å². The smallest absolute Gasteiger partial charge is 0.341 e. The molecule has 0 radical (unpaired) electrons. The first-order valence-electron chi connectivity index (χ1n) is 5.34. The molecule has 5 heteroatoms. The van der Waals surface area contributed by atoms with Crippen LogP contribution in [0.5, 0.6) is 0 Å². The third kappa shape index (κ3) is 4.02. The summed E-state index contributed by atoms with van der Waals surface area (Å²) >= 11 is 0. The Kier molecular flexibility index (Phi) is 4.06. The Hall–Kier alpha value is -1.36. The van der Waals surface area contributed by atoms with E-state index in [2.05, 4.69) is 5.10 Å². The van der Waals surface area contributed by atoms with E-state index in [9.17, 15) is 9.90 Å². The largest absolute Gasteiger partial charge is 0.462 e. The van der Waals surface area contributed by atoms with Crippen LogP contribution in [0.4, 0.5) is 0 Å². The Bertz CT molecular complexity index is 352. The summed E-state index contributed by atoms with van der Waals surface area (Å²) in [5.41, 5.74) is -0.284. The quantitative estimate of drug-likeness (QED) is 0.767. The van der Waals surface area contributed by atoms with E-state index in [4.69, 9.17) is 4.74 Å². The number of carbonyl (C=O) groups excluding carboxylic acids is 1. The summed E-state index contributed by atoms with van der Waals surface area (Å²) in [4.78, 5) is 11.3. The molecule has 0 aromatic carbocycles. The molecule has 0 fully saturated rings. The number of ether oxygens (including phenoxy) is 1. The number of rotatable bonds is 5. The number of aromatic nitrogens is 2. The Morgan fingerprint density at radius 1 is 1.62 bits per heavy atom. The topological polar surface area (TPSA) is 64.3 Å². The molecule has 0 amide bonds. The summed E-state index contributed by atoms with van der Waals surface area (Å²) in [6, 6.07) is 0. The van der Waals surface area contributed by atoms with Crippen LogP contribution in [-0.4, -0.2) is 33.1 Å². The van der Waals surface area contributed by atoms with E-state index in [1.807, 2.05) is 0 Å². The highest BCUT2D eigenvalue weighted by Crippen LogP contribution is 2.09. The number of aryl methyl sites for hydroxylation is 1. The average molecular weight is 226 g/mol. The van der Waals surface area contributed by atoms with Crippen LogP contribution in [0.25, 0.3) is 0 Å². The lowest BCUT2D eigenvalue weighted by Gasteiger charge is -2.16. The number of nitrogens with zero attached hydrogens (tertiary/aromatic N) is 2. The lowest BCUT2D eigenvalue weighted by atomic mass is 10.1. The van der Waals surface area contributed by atoms with Gasteiger partial charge >= 0.3 is 5.97 Å². The van der Waals surface area contributed by atoms with Crippen LogP contribution in [0.3, 0.4) is 0 Å². The SMILES string of the molecule is CCOC(=O)c1cnn(CCC(C)(C)O)c1. The second-order valence-electron chi connectivity index (χ2n) is 4.27. The predicted octanol–water partition coefficient (Wildman–Crippen LogP) is 1.22. The van der Waals surface area contributed by atoms with Crippen molar-refractivity contribution in [3.63, 3.8) is 0 Å². The number of hydrogen-bond donors (Lipinski definition) is 1. The fourth-order valence-corrected chi connectivity index (χ4v) is 1.19. The summed E-state index contributed by atoms with van der Waals surface area (Å²) in [6.45, 7) is 6.17. The molecular weight excluding hydrogens is 208 g/mol. The predicted molar refractivity (Wildman–Crippen MR) is 59.1 cm³/mol. The first-order chi connectivity index (χ1) is 7.42. The van der Waals surface area contributed by atoms with Crippen LogP contribution in [-0.2, 0) is 11.3 Å². The molecule has 1 rings (SSSR count). The minimum absolute atomic E-state index is 0.355. The lowest BCUT2D eigenvalue weighted by molar-refractivity contribution is 0.0526. The molecule has 0 aliphatic carbocycles. The first-order valence-corrected chi connectivity index (χ1v) is 5.34. The summed E-state index contributed by atoms with van der Waals surface area (Å²) in [6.07, 6.45) is 3.68. The van der Waals surface area contributed by atoms with Gasteiger partial charge in [-0.05, 0) is 27.2 Å². The van der Waals surface area contributed by atoms with Crippen molar-refractivity contribution in [1.29, 1.82) is 0 Å². The maximum atomic E-state index is 11.3. The molecule has 1 N–H and O–H groups in total. The molecular formula is C11H18N2O3. The van der Waals surface area contributed by atoms with Crippen molar-refractivity contribution in [3.05, 3.63) is 18.0 Å². The van der Waals surface area contributed by atoms with Gasteiger partial charge in [0.05, 0.1) is 24.0 Å². The van der Waals surface area contributed by atoms with Gasteiger partial charge in [-0.2, -0.15) is 5.10 Å². The summed E-state index contributed by atoms with van der Waals surface area (Å²) in [7, 11) is 0. The molecule has 1 heterocycles. The molecule has 0 atom stereocenters. The highest BCUT2D eigenvalue weighted by atomic mass is 16.5. The molecule has 5 nitrogen and oxygen atoms in total. The van der Waals surface area contributed by atoms with Crippen LogP contribution >= 0.6 is 0 Å². The second-order valence-corrected chi connectivity index (χ2v) is 4.27. The van der Waals surface area contributed by atoms with Gasteiger partial charge in [0, 0.05) is 12.7 Å².